The summed E-state index contributed by atoms with van der Waals surface area (Å²) >= 11 is 0. The second-order valence-corrected chi connectivity index (χ2v) is 8.31. The van der Waals surface area contributed by atoms with E-state index in [1.165, 1.54) is 12.1 Å². The van der Waals surface area contributed by atoms with Crippen LogP contribution in [0.1, 0.15) is 41.5 Å². The maximum Gasteiger partial charge on any atom is 0.161 e. The zero-order valence-electron chi connectivity index (χ0n) is 19.4. The van der Waals surface area contributed by atoms with E-state index in [2.05, 4.69) is 11.4 Å². The van der Waals surface area contributed by atoms with Crippen LogP contribution in [0.4, 0.5) is 4.39 Å². The number of fused-ring (bicyclic) bond motifs is 1. The third kappa shape index (κ3) is 5.22. The van der Waals surface area contributed by atoms with Crippen LogP contribution in [0, 0.1) is 17.1 Å². The first-order valence-electron chi connectivity index (χ1n) is 11.6. The van der Waals surface area contributed by atoms with Crippen molar-refractivity contribution >= 4 is 0 Å². The van der Waals surface area contributed by atoms with Gasteiger partial charge < -0.3 is 19.5 Å². The molecule has 3 aromatic carbocycles. The molecule has 1 N–H and O–H groups in total. The van der Waals surface area contributed by atoms with E-state index in [0.29, 0.717) is 18.8 Å². The molecule has 5 nitrogen and oxygen atoms in total. The Kier molecular flexibility index (Phi) is 7.79. The van der Waals surface area contributed by atoms with Gasteiger partial charge in [0.15, 0.2) is 11.5 Å². The van der Waals surface area contributed by atoms with Crippen LogP contribution in [-0.4, -0.2) is 26.8 Å². The molecule has 0 aliphatic carbocycles. The summed E-state index contributed by atoms with van der Waals surface area (Å²) in [5, 5.41) is 12.7. The van der Waals surface area contributed by atoms with Crippen LogP contribution in [0.15, 0.2) is 66.7 Å². The van der Waals surface area contributed by atoms with Gasteiger partial charge in [-0.2, -0.15) is 5.26 Å². The molecule has 1 unspecified atom stereocenters. The lowest BCUT2D eigenvalue weighted by Crippen LogP contribution is -2.29. The van der Waals surface area contributed by atoms with Gasteiger partial charge in [0.2, 0.25) is 0 Å². The summed E-state index contributed by atoms with van der Waals surface area (Å²) in [6.07, 6.45) is 2.50. The average molecular weight is 461 g/mol. The smallest absolute Gasteiger partial charge is 0.161 e. The highest BCUT2D eigenvalue weighted by Gasteiger charge is 2.41. The lowest BCUT2D eigenvalue weighted by Gasteiger charge is -2.30. The first-order chi connectivity index (χ1) is 16.7. The molecular weight excluding hydrogens is 431 g/mol. The number of methoxy groups -OCH3 is 1. The number of nitrogens with one attached hydrogen (secondary N) is 1. The highest BCUT2D eigenvalue weighted by atomic mass is 19.1. The highest BCUT2D eigenvalue weighted by molar-refractivity contribution is 5.48. The van der Waals surface area contributed by atoms with Crippen LogP contribution in [0.5, 0.6) is 11.5 Å². The molecule has 34 heavy (non-hydrogen) atoms. The summed E-state index contributed by atoms with van der Waals surface area (Å²) in [7, 11) is 1.64. The van der Waals surface area contributed by atoms with E-state index in [1.807, 2.05) is 42.5 Å². The Labute approximate surface area is 200 Å². The van der Waals surface area contributed by atoms with Crippen molar-refractivity contribution in [3.63, 3.8) is 0 Å². The topological polar surface area (TPSA) is 63.5 Å². The van der Waals surface area contributed by atoms with Crippen molar-refractivity contribution in [3.8, 4) is 17.6 Å². The molecule has 1 atom stereocenters. The molecular formula is C28H29FN2O3. The number of nitriles is 1. The third-order valence-electron chi connectivity index (χ3n) is 6.16. The van der Waals surface area contributed by atoms with E-state index in [9.17, 15) is 9.65 Å². The van der Waals surface area contributed by atoms with Gasteiger partial charge in [-0.3, -0.25) is 0 Å². The fourth-order valence-corrected chi connectivity index (χ4v) is 4.47. The van der Waals surface area contributed by atoms with E-state index < -0.39 is 5.60 Å². The van der Waals surface area contributed by atoms with Crippen molar-refractivity contribution < 1.29 is 18.6 Å². The normalized spacial score (nSPS) is 16.6. The minimum absolute atomic E-state index is 0.269. The van der Waals surface area contributed by atoms with E-state index >= 15 is 0 Å². The van der Waals surface area contributed by atoms with E-state index in [1.54, 1.807) is 19.2 Å². The van der Waals surface area contributed by atoms with Crippen LogP contribution in [0.3, 0.4) is 0 Å². The molecule has 176 valence electrons. The van der Waals surface area contributed by atoms with Crippen LogP contribution in [-0.2, 0) is 16.9 Å². The Hall–Kier alpha value is -3.40. The highest BCUT2D eigenvalue weighted by Crippen LogP contribution is 2.45. The fourth-order valence-electron chi connectivity index (χ4n) is 4.47. The molecule has 0 spiro atoms. The molecule has 6 heteroatoms. The summed E-state index contributed by atoms with van der Waals surface area (Å²) in [5.74, 6) is 1.22. The van der Waals surface area contributed by atoms with Gasteiger partial charge in [-0.1, -0.05) is 30.3 Å². The lowest BCUT2D eigenvalue weighted by atomic mass is 9.81. The van der Waals surface area contributed by atoms with Crippen LogP contribution in [0.2, 0.25) is 0 Å². The van der Waals surface area contributed by atoms with Crippen molar-refractivity contribution in [3.05, 3.63) is 94.8 Å². The molecule has 1 heterocycles. The molecule has 0 bridgehead atoms. The van der Waals surface area contributed by atoms with Gasteiger partial charge in [0, 0.05) is 0 Å². The zero-order valence-corrected chi connectivity index (χ0v) is 19.4. The predicted molar refractivity (Wildman–Crippen MR) is 128 cm³/mol. The molecule has 1 aliphatic heterocycles. The molecule has 0 fully saturated rings. The monoisotopic (exact) mass is 460 g/mol. The third-order valence-corrected chi connectivity index (χ3v) is 6.16. The van der Waals surface area contributed by atoms with E-state index in [-0.39, 0.29) is 5.82 Å². The summed E-state index contributed by atoms with van der Waals surface area (Å²) < 4.78 is 31.1. The minimum Gasteiger partial charge on any atom is -0.493 e. The maximum atomic E-state index is 13.6. The van der Waals surface area contributed by atoms with Gasteiger partial charge in [-0.05, 0) is 85.4 Å². The molecule has 0 amide bonds. The molecule has 0 radical (unpaired) electrons. The van der Waals surface area contributed by atoms with Crippen molar-refractivity contribution in [2.75, 3.05) is 26.8 Å². The minimum atomic E-state index is -0.633. The Morgan fingerprint density at radius 3 is 2.56 bits per heavy atom. The number of halogens is 1. The number of rotatable bonds is 11. The Morgan fingerprint density at radius 2 is 1.79 bits per heavy atom. The van der Waals surface area contributed by atoms with Gasteiger partial charge in [-0.15, -0.1) is 0 Å². The number of benzene rings is 3. The molecule has 0 saturated heterocycles. The first-order valence-corrected chi connectivity index (χ1v) is 11.6. The number of hydrogen-bond donors (Lipinski definition) is 1. The van der Waals surface area contributed by atoms with Gasteiger partial charge in [0.1, 0.15) is 11.4 Å². The van der Waals surface area contributed by atoms with Crippen LogP contribution < -0.4 is 14.8 Å². The molecule has 0 aromatic heterocycles. The van der Waals surface area contributed by atoms with Gasteiger partial charge in [0.05, 0.1) is 32.0 Å². The lowest BCUT2D eigenvalue weighted by molar-refractivity contribution is -0.0129. The summed E-state index contributed by atoms with van der Waals surface area (Å²) in [4.78, 5) is 0. The Bertz CT molecular complexity index is 1140. The summed E-state index contributed by atoms with van der Waals surface area (Å²) in [6, 6.07) is 22.1. The second-order valence-electron chi connectivity index (χ2n) is 8.31. The largest absolute Gasteiger partial charge is 0.493 e. The Balaban J connectivity index is 1.32. The average Bonchev–Trinajstić information content (AvgIpc) is 3.25. The van der Waals surface area contributed by atoms with Gasteiger partial charge in [0.25, 0.3) is 0 Å². The molecule has 3 aromatic rings. The predicted octanol–water partition coefficient (Wildman–Crippen LogP) is 5.32. The first kappa shape index (κ1) is 23.7. The summed E-state index contributed by atoms with van der Waals surface area (Å²) in [6.45, 7) is 2.70. The number of nitrogens with zero attached hydrogens (tertiary/aromatic N) is 1. The number of ether oxygens (including phenoxy) is 3. The number of hydrogen-bond acceptors (Lipinski definition) is 5. The van der Waals surface area contributed by atoms with Gasteiger partial charge >= 0.3 is 0 Å². The van der Waals surface area contributed by atoms with Crippen molar-refractivity contribution in [2.45, 2.75) is 31.5 Å². The fraction of sp³-hybridized carbons (Fsp3) is 0.321. The molecule has 0 saturated carbocycles. The molecule has 4 rings (SSSR count). The van der Waals surface area contributed by atoms with E-state index in [0.717, 1.165) is 60.5 Å². The van der Waals surface area contributed by atoms with Crippen LogP contribution in [0.25, 0.3) is 0 Å². The SMILES string of the molecule is COc1ccccc1OCCCNCCCC1(c2ccc(F)cc2)OCc2cc(C#N)ccc21. The van der Waals surface area contributed by atoms with E-state index in [4.69, 9.17) is 14.2 Å². The Morgan fingerprint density at radius 1 is 1.03 bits per heavy atom. The quantitative estimate of drug-likeness (QED) is 0.393. The van der Waals surface area contributed by atoms with Crippen molar-refractivity contribution in [1.29, 1.82) is 5.26 Å². The second kappa shape index (κ2) is 11.1. The van der Waals surface area contributed by atoms with Crippen LogP contribution >= 0.6 is 0 Å². The van der Waals surface area contributed by atoms with Crippen molar-refractivity contribution in [1.82, 2.24) is 5.32 Å². The summed E-state index contributed by atoms with van der Waals surface area (Å²) in [5.41, 5.74) is 3.00. The number of para-hydroxylation sites is 2. The van der Waals surface area contributed by atoms with Gasteiger partial charge in [-0.25, -0.2) is 4.39 Å². The maximum absolute atomic E-state index is 13.6. The zero-order chi connectivity index (χ0) is 23.8. The molecule has 1 aliphatic rings. The standard InChI is InChI=1S/C28H29FN2O3/c1-32-26-6-2-3-7-27(26)33-17-5-16-31-15-4-14-28(23-9-11-24(29)12-10-23)25-13-8-21(19-30)18-22(25)20-34-28/h2-3,6-13,18,31H,4-5,14-17,20H2,1H3. The van der Waals surface area contributed by atoms with Crippen molar-refractivity contribution in [2.24, 2.45) is 0 Å².